The fraction of sp³-hybridized carbons (Fsp3) is 0.647. The van der Waals surface area contributed by atoms with Crippen LogP contribution in [0, 0.1) is 29.1 Å². The minimum atomic E-state index is 0.144. The quantitative estimate of drug-likeness (QED) is 0.344. The number of hydrogen-bond donors (Lipinski definition) is 0. The van der Waals surface area contributed by atoms with Crippen LogP contribution in [0.3, 0.4) is 0 Å². The molecule has 0 spiro atoms. The van der Waals surface area contributed by atoms with Gasteiger partial charge < -0.3 is 0 Å². The van der Waals surface area contributed by atoms with Crippen LogP contribution in [0.25, 0.3) is 0 Å². The first-order valence-corrected chi connectivity index (χ1v) is 6.63. The molecule has 17 heavy (non-hydrogen) atoms. The molecule has 0 radical (unpaired) electrons. The zero-order valence-electron chi connectivity index (χ0n) is 11.7. The maximum absolute atomic E-state index is 3.69. The third-order valence-electron chi connectivity index (χ3n) is 2.15. The van der Waals surface area contributed by atoms with Gasteiger partial charge in [-0.15, -0.1) is 24.3 Å². The van der Waals surface area contributed by atoms with Crippen molar-refractivity contribution in [2.24, 2.45) is 5.41 Å². The lowest BCUT2D eigenvalue weighted by Crippen LogP contribution is -1.98. The Hall–Kier alpha value is -1.14. The van der Waals surface area contributed by atoms with Gasteiger partial charge in [-0.3, -0.25) is 0 Å². The van der Waals surface area contributed by atoms with Gasteiger partial charge in [0.05, 0.1) is 0 Å². The van der Waals surface area contributed by atoms with Gasteiger partial charge in [0.1, 0.15) is 0 Å². The summed E-state index contributed by atoms with van der Waals surface area (Å²) in [6.45, 7) is 10.1. The minimum absolute atomic E-state index is 0.144. The highest BCUT2D eigenvalue weighted by Crippen LogP contribution is 2.10. The molecule has 0 rings (SSSR count). The Morgan fingerprint density at radius 2 is 1.41 bits per heavy atom. The molecule has 0 aliphatic rings. The lowest BCUT2D eigenvalue weighted by molar-refractivity contribution is 0.569. The third kappa shape index (κ3) is 14.9. The fourth-order valence-electron chi connectivity index (χ4n) is 1.27. The Morgan fingerprint density at radius 3 is 1.94 bits per heavy atom. The molecule has 0 aromatic heterocycles. The maximum Gasteiger partial charge on any atom is 0.0230 e. The summed E-state index contributed by atoms with van der Waals surface area (Å²) in [6, 6.07) is 0. The second-order valence-electron chi connectivity index (χ2n) is 5.29. The molecule has 0 heterocycles. The summed E-state index contributed by atoms with van der Waals surface area (Å²) in [5.41, 5.74) is 0.144. The van der Waals surface area contributed by atoms with E-state index in [1.165, 1.54) is 12.8 Å². The summed E-state index contributed by atoms with van der Waals surface area (Å²) in [7, 11) is 0. The van der Waals surface area contributed by atoms with Crippen LogP contribution in [0.5, 0.6) is 0 Å². The summed E-state index contributed by atoms with van der Waals surface area (Å²) >= 11 is 0. The molecule has 0 heteroatoms. The molecule has 0 aromatic carbocycles. The first-order valence-electron chi connectivity index (χ1n) is 6.63. The monoisotopic (exact) mass is 230 g/mol. The van der Waals surface area contributed by atoms with Crippen LogP contribution >= 0.6 is 0 Å². The van der Waals surface area contributed by atoms with Crippen molar-refractivity contribution in [3.63, 3.8) is 0 Å². The van der Waals surface area contributed by atoms with Gasteiger partial charge in [0.15, 0.2) is 0 Å². The summed E-state index contributed by atoms with van der Waals surface area (Å²) in [5, 5.41) is 0. The van der Waals surface area contributed by atoms with E-state index in [1.807, 2.05) is 6.08 Å². The number of allylic oxidation sites excluding steroid dienone is 1. The van der Waals surface area contributed by atoms with E-state index in [2.05, 4.69) is 51.0 Å². The van der Waals surface area contributed by atoms with E-state index < -0.39 is 0 Å². The van der Waals surface area contributed by atoms with E-state index in [0.717, 1.165) is 32.1 Å². The Labute approximate surface area is 108 Å². The van der Waals surface area contributed by atoms with Crippen LogP contribution in [-0.2, 0) is 0 Å². The Bertz CT molecular complexity index is 306. The van der Waals surface area contributed by atoms with E-state index in [0.29, 0.717) is 0 Å². The van der Waals surface area contributed by atoms with Crippen molar-refractivity contribution in [2.75, 3.05) is 0 Å². The molecular weight excluding hydrogens is 204 g/mol. The van der Waals surface area contributed by atoms with Gasteiger partial charge in [0.25, 0.3) is 0 Å². The van der Waals surface area contributed by atoms with Crippen molar-refractivity contribution in [2.45, 2.75) is 65.7 Å². The molecule has 0 aliphatic heterocycles. The summed E-state index contributed by atoms with van der Waals surface area (Å²) < 4.78 is 0. The van der Waals surface area contributed by atoms with Crippen LogP contribution in [0.15, 0.2) is 12.7 Å². The lowest BCUT2D eigenvalue weighted by Gasteiger charge is -2.06. The summed E-state index contributed by atoms with van der Waals surface area (Å²) in [6.07, 6.45) is 9.56. The van der Waals surface area contributed by atoms with Crippen molar-refractivity contribution in [1.82, 2.24) is 0 Å². The molecule has 0 aliphatic carbocycles. The second kappa shape index (κ2) is 10.0. The number of hydrogen-bond acceptors (Lipinski definition) is 0. The Kier molecular flexibility index (Phi) is 9.37. The van der Waals surface area contributed by atoms with Gasteiger partial charge in [-0.25, -0.2) is 0 Å². The molecule has 0 atom stereocenters. The molecule has 0 unspecified atom stereocenters. The molecule has 0 nitrogen and oxygen atoms in total. The molecule has 0 fully saturated rings. The van der Waals surface area contributed by atoms with Gasteiger partial charge in [-0.2, -0.15) is 0 Å². The molecule has 0 aromatic rings. The highest BCUT2D eigenvalue weighted by atomic mass is 14.1. The standard InChI is InChI=1S/C17H26/c1-5-6-7-8-9-10-11-12-13-14-15-16-17(2,3)4/h5H,1,6-8,11-14H2,2-4H3. The van der Waals surface area contributed by atoms with Crippen LogP contribution < -0.4 is 0 Å². The second-order valence-corrected chi connectivity index (χ2v) is 5.29. The zero-order chi connectivity index (χ0) is 13.0. The first-order chi connectivity index (χ1) is 8.06. The zero-order valence-corrected chi connectivity index (χ0v) is 11.7. The molecule has 0 N–H and O–H groups in total. The number of unbranched alkanes of at least 4 members (excludes halogenated alkanes) is 5. The van der Waals surface area contributed by atoms with Crippen LogP contribution in [0.4, 0.5) is 0 Å². The largest absolute Gasteiger partial charge is 0.103 e. The van der Waals surface area contributed by atoms with Crippen LogP contribution in [-0.4, -0.2) is 0 Å². The van der Waals surface area contributed by atoms with Gasteiger partial charge in [-0.1, -0.05) is 12.0 Å². The smallest absolute Gasteiger partial charge is 0.0230 e. The Morgan fingerprint density at radius 1 is 0.882 bits per heavy atom. The van der Waals surface area contributed by atoms with E-state index >= 15 is 0 Å². The lowest BCUT2D eigenvalue weighted by atomic mass is 9.98. The van der Waals surface area contributed by atoms with Crippen molar-refractivity contribution in [3.05, 3.63) is 12.7 Å². The van der Waals surface area contributed by atoms with E-state index in [9.17, 15) is 0 Å². The SMILES string of the molecule is C=CCCCC#CCCCCC#CC(C)(C)C. The van der Waals surface area contributed by atoms with Gasteiger partial charge in [0, 0.05) is 24.7 Å². The van der Waals surface area contributed by atoms with E-state index in [-0.39, 0.29) is 5.41 Å². The molecule has 94 valence electrons. The van der Waals surface area contributed by atoms with Crippen LogP contribution in [0.2, 0.25) is 0 Å². The number of rotatable bonds is 6. The highest BCUT2D eigenvalue weighted by molar-refractivity contribution is 5.07. The average Bonchev–Trinajstić information content (AvgIpc) is 2.24. The molecular formula is C17H26. The predicted octanol–water partition coefficient (Wildman–Crippen LogP) is 4.96. The van der Waals surface area contributed by atoms with E-state index in [1.54, 1.807) is 0 Å². The van der Waals surface area contributed by atoms with Crippen molar-refractivity contribution in [1.29, 1.82) is 0 Å². The van der Waals surface area contributed by atoms with Crippen molar-refractivity contribution < 1.29 is 0 Å². The minimum Gasteiger partial charge on any atom is -0.103 e. The summed E-state index contributed by atoms with van der Waals surface area (Å²) in [4.78, 5) is 0. The van der Waals surface area contributed by atoms with Crippen molar-refractivity contribution >= 4 is 0 Å². The fourth-order valence-corrected chi connectivity index (χ4v) is 1.27. The van der Waals surface area contributed by atoms with Gasteiger partial charge in [0.2, 0.25) is 0 Å². The predicted molar refractivity (Wildman–Crippen MR) is 77.5 cm³/mol. The molecule has 0 amide bonds. The normalized spacial score (nSPS) is 9.82. The average molecular weight is 230 g/mol. The third-order valence-corrected chi connectivity index (χ3v) is 2.15. The maximum atomic E-state index is 3.69. The van der Waals surface area contributed by atoms with E-state index in [4.69, 9.17) is 0 Å². The molecule has 0 bridgehead atoms. The Balaban J connectivity index is 3.39. The van der Waals surface area contributed by atoms with Gasteiger partial charge in [-0.05, 0) is 46.5 Å². The highest BCUT2D eigenvalue weighted by Gasteiger charge is 2.02. The first kappa shape index (κ1) is 15.9. The topological polar surface area (TPSA) is 0 Å². The van der Waals surface area contributed by atoms with Gasteiger partial charge >= 0.3 is 0 Å². The summed E-state index contributed by atoms with van der Waals surface area (Å²) in [5.74, 6) is 12.9. The van der Waals surface area contributed by atoms with Crippen LogP contribution in [0.1, 0.15) is 65.7 Å². The molecule has 0 saturated carbocycles. The van der Waals surface area contributed by atoms with Crippen molar-refractivity contribution in [3.8, 4) is 23.7 Å². The molecule has 0 saturated heterocycles.